The Labute approximate surface area is 179 Å². The smallest absolute Gasteiger partial charge is 0.312 e. The van der Waals surface area contributed by atoms with E-state index in [0.29, 0.717) is 29.9 Å². The maximum Gasteiger partial charge on any atom is 0.312 e. The van der Waals surface area contributed by atoms with Gasteiger partial charge < -0.3 is 19.5 Å². The third kappa shape index (κ3) is 4.11. The van der Waals surface area contributed by atoms with Crippen LogP contribution in [-0.2, 0) is 20.9 Å². The van der Waals surface area contributed by atoms with E-state index in [1.807, 2.05) is 12.1 Å². The van der Waals surface area contributed by atoms with Gasteiger partial charge in [0, 0.05) is 10.9 Å². The van der Waals surface area contributed by atoms with E-state index >= 15 is 0 Å². The third-order valence-electron chi connectivity index (χ3n) is 6.69. The minimum Gasteiger partial charge on any atom is -0.493 e. The first-order valence-electron chi connectivity index (χ1n) is 10.2. The van der Waals surface area contributed by atoms with Crippen molar-refractivity contribution in [2.45, 2.75) is 49.4 Å². The standard InChI is InChI=1S/C22H28BrNO5/c1-27-17-4-3-14(6-18(17)28-2)11-24-19(25)12-29-20(26)21-7-15-5-16(8-21)10-22(23,9-15)13-21/h3-4,6,15-16H,5,7-13H2,1-2H3,(H,24,25). The monoisotopic (exact) mass is 465 g/mol. The van der Waals surface area contributed by atoms with Crippen molar-refractivity contribution in [1.29, 1.82) is 0 Å². The van der Waals surface area contributed by atoms with Crippen molar-refractivity contribution in [2.24, 2.45) is 17.3 Å². The molecule has 0 radical (unpaired) electrons. The SMILES string of the molecule is COc1ccc(CNC(=O)COC(=O)C23CC4CC(CC(Br)(C4)C2)C3)cc1OC. The van der Waals surface area contributed by atoms with Crippen molar-refractivity contribution in [3.05, 3.63) is 23.8 Å². The first-order chi connectivity index (χ1) is 13.8. The van der Waals surface area contributed by atoms with Crippen LogP contribution in [0.5, 0.6) is 11.5 Å². The third-order valence-corrected chi connectivity index (χ3v) is 7.62. The number of hydrogen-bond acceptors (Lipinski definition) is 5. The molecule has 0 heterocycles. The van der Waals surface area contributed by atoms with E-state index in [4.69, 9.17) is 14.2 Å². The fraction of sp³-hybridized carbons (Fsp3) is 0.636. The Bertz CT molecular complexity index is 796. The van der Waals surface area contributed by atoms with Crippen LogP contribution in [0.1, 0.15) is 44.1 Å². The largest absolute Gasteiger partial charge is 0.493 e. The van der Waals surface area contributed by atoms with Gasteiger partial charge in [-0.3, -0.25) is 9.59 Å². The van der Waals surface area contributed by atoms with Crippen molar-refractivity contribution in [1.82, 2.24) is 5.32 Å². The van der Waals surface area contributed by atoms with E-state index in [0.717, 1.165) is 37.7 Å². The molecule has 2 unspecified atom stereocenters. The molecule has 0 saturated heterocycles. The quantitative estimate of drug-likeness (QED) is 0.491. The average Bonchev–Trinajstić information content (AvgIpc) is 2.68. The van der Waals surface area contributed by atoms with E-state index in [1.165, 1.54) is 6.42 Å². The fourth-order valence-electron chi connectivity index (χ4n) is 5.92. The van der Waals surface area contributed by atoms with Gasteiger partial charge in [0.25, 0.3) is 5.91 Å². The van der Waals surface area contributed by atoms with Crippen molar-refractivity contribution >= 4 is 27.8 Å². The molecule has 2 atom stereocenters. The van der Waals surface area contributed by atoms with Crippen LogP contribution < -0.4 is 14.8 Å². The van der Waals surface area contributed by atoms with Gasteiger partial charge in [-0.05, 0) is 68.1 Å². The molecule has 7 heteroatoms. The lowest BCUT2D eigenvalue weighted by Crippen LogP contribution is -2.56. The lowest BCUT2D eigenvalue weighted by atomic mass is 9.49. The lowest BCUT2D eigenvalue weighted by Gasteiger charge is -2.58. The molecule has 4 fully saturated rings. The van der Waals surface area contributed by atoms with Gasteiger partial charge in [-0.25, -0.2) is 0 Å². The Morgan fingerprint density at radius 1 is 1.10 bits per heavy atom. The van der Waals surface area contributed by atoms with Gasteiger partial charge in [0.2, 0.25) is 0 Å². The summed E-state index contributed by atoms with van der Waals surface area (Å²) in [5.41, 5.74) is 0.474. The van der Waals surface area contributed by atoms with Gasteiger partial charge in [-0.15, -0.1) is 0 Å². The Kier molecular flexibility index (Phi) is 5.53. The highest BCUT2D eigenvalue weighted by molar-refractivity contribution is 9.10. The summed E-state index contributed by atoms with van der Waals surface area (Å²) in [5, 5.41) is 2.80. The highest BCUT2D eigenvalue weighted by Gasteiger charge is 2.60. The zero-order valence-electron chi connectivity index (χ0n) is 17.0. The molecule has 5 rings (SSSR count). The van der Waals surface area contributed by atoms with E-state index < -0.39 is 5.41 Å². The van der Waals surface area contributed by atoms with Crippen molar-refractivity contribution in [3.8, 4) is 11.5 Å². The van der Waals surface area contributed by atoms with Crippen LogP contribution in [-0.4, -0.2) is 37.0 Å². The second-order valence-corrected chi connectivity index (χ2v) is 10.6. The predicted octanol–water partition coefficient (Wildman–Crippen LogP) is 3.60. The van der Waals surface area contributed by atoms with E-state index in [-0.39, 0.29) is 22.8 Å². The molecule has 1 amide bonds. The molecule has 4 bridgehead atoms. The zero-order chi connectivity index (χ0) is 20.6. The summed E-state index contributed by atoms with van der Waals surface area (Å²) in [6.07, 6.45) is 6.19. The summed E-state index contributed by atoms with van der Waals surface area (Å²) >= 11 is 3.91. The number of ether oxygens (including phenoxy) is 3. The number of esters is 1. The first-order valence-corrected chi connectivity index (χ1v) is 11.0. The molecule has 29 heavy (non-hydrogen) atoms. The topological polar surface area (TPSA) is 73.9 Å². The molecule has 4 saturated carbocycles. The number of hydrogen-bond donors (Lipinski definition) is 1. The average molecular weight is 466 g/mol. The Hall–Kier alpha value is -1.76. The van der Waals surface area contributed by atoms with Crippen molar-refractivity contribution < 1.29 is 23.8 Å². The van der Waals surface area contributed by atoms with Gasteiger partial charge in [-0.1, -0.05) is 22.0 Å². The molecule has 6 nitrogen and oxygen atoms in total. The minimum atomic E-state index is -0.406. The highest BCUT2D eigenvalue weighted by atomic mass is 79.9. The van der Waals surface area contributed by atoms with Gasteiger partial charge in [-0.2, -0.15) is 0 Å². The van der Waals surface area contributed by atoms with Crippen LogP contribution in [0.15, 0.2) is 18.2 Å². The van der Waals surface area contributed by atoms with Gasteiger partial charge in [0.15, 0.2) is 18.1 Å². The van der Waals surface area contributed by atoms with Crippen LogP contribution in [0.4, 0.5) is 0 Å². The van der Waals surface area contributed by atoms with E-state index in [9.17, 15) is 9.59 Å². The van der Waals surface area contributed by atoms with Gasteiger partial charge in [0.05, 0.1) is 19.6 Å². The molecule has 1 aromatic carbocycles. The van der Waals surface area contributed by atoms with Crippen molar-refractivity contribution in [3.63, 3.8) is 0 Å². The molecule has 4 aliphatic rings. The second kappa shape index (κ2) is 7.82. The molecular formula is C22H28BrNO5. The van der Waals surface area contributed by atoms with Crippen LogP contribution in [0.2, 0.25) is 0 Å². The number of rotatable bonds is 7. The number of benzene rings is 1. The summed E-state index contributed by atoms with van der Waals surface area (Å²) in [4.78, 5) is 25.2. The molecule has 0 aliphatic heterocycles. The molecule has 0 aromatic heterocycles. The van der Waals surface area contributed by atoms with Crippen LogP contribution in [0.3, 0.4) is 0 Å². The summed E-state index contributed by atoms with van der Waals surface area (Å²) in [6, 6.07) is 5.47. The molecule has 0 spiro atoms. The fourth-order valence-corrected chi connectivity index (χ4v) is 7.37. The maximum absolute atomic E-state index is 12.9. The molecule has 158 valence electrons. The molecule has 1 aromatic rings. The van der Waals surface area contributed by atoms with Gasteiger partial charge >= 0.3 is 5.97 Å². The van der Waals surface area contributed by atoms with Gasteiger partial charge in [0.1, 0.15) is 0 Å². The Morgan fingerprint density at radius 3 is 2.41 bits per heavy atom. The Morgan fingerprint density at radius 2 is 1.79 bits per heavy atom. The van der Waals surface area contributed by atoms with E-state index in [1.54, 1.807) is 20.3 Å². The lowest BCUT2D eigenvalue weighted by molar-refractivity contribution is -0.171. The summed E-state index contributed by atoms with van der Waals surface area (Å²) in [7, 11) is 3.15. The molecule has 1 N–H and O–H groups in total. The number of amides is 1. The van der Waals surface area contributed by atoms with Crippen LogP contribution >= 0.6 is 15.9 Å². The van der Waals surface area contributed by atoms with E-state index in [2.05, 4.69) is 21.2 Å². The number of nitrogens with one attached hydrogen (secondary N) is 1. The number of carbonyl (C=O) groups excluding carboxylic acids is 2. The number of carbonyl (C=O) groups is 2. The predicted molar refractivity (Wildman–Crippen MR) is 111 cm³/mol. The minimum absolute atomic E-state index is 0.0891. The maximum atomic E-state index is 12.9. The normalized spacial score (nSPS) is 32.0. The van der Waals surface area contributed by atoms with Crippen molar-refractivity contribution in [2.75, 3.05) is 20.8 Å². The first kappa shape index (κ1) is 20.5. The summed E-state index contributed by atoms with van der Waals surface area (Å²) < 4.78 is 16.1. The summed E-state index contributed by atoms with van der Waals surface area (Å²) in [6.45, 7) is 0.0923. The molecular weight excluding hydrogens is 438 g/mol. The Balaban J connectivity index is 1.29. The van der Waals surface area contributed by atoms with Crippen LogP contribution in [0.25, 0.3) is 0 Å². The second-order valence-electron chi connectivity index (χ2n) is 8.93. The zero-order valence-corrected chi connectivity index (χ0v) is 18.5. The number of halogens is 1. The summed E-state index contributed by atoms with van der Waals surface area (Å²) in [5.74, 6) is 1.94. The number of methoxy groups -OCH3 is 2. The highest BCUT2D eigenvalue weighted by Crippen LogP contribution is 2.64. The number of alkyl halides is 1. The molecule has 4 aliphatic carbocycles. The van der Waals surface area contributed by atoms with Crippen LogP contribution in [0, 0.1) is 17.3 Å².